The number of nitrogens with one attached hydrogen (secondary N) is 2. The first-order chi connectivity index (χ1) is 9.49. The summed E-state index contributed by atoms with van der Waals surface area (Å²) in [6, 6.07) is 4.96. The standard InChI is InChI=1S/C14H22N4O2/c1-4-16-14(20)10-6-7-11(15)12(8-10)17-9-13(19)18(3)5-2/h6-8,17H,4-5,9,15H2,1-3H3,(H,16,20). The van der Waals surface area contributed by atoms with Crippen LogP contribution in [0.4, 0.5) is 11.4 Å². The summed E-state index contributed by atoms with van der Waals surface area (Å²) >= 11 is 0. The van der Waals surface area contributed by atoms with Gasteiger partial charge in [0.05, 0.1) is 17.9 Å². The number of nitrogens with two attached hydrogens (primary N) is 1. The summed E-state index contributed by atoms with van der Waals surface area (Å²) in [6.07, 6.45) is 0. The summed E-state index contributed by atoms with van der Waals surface area (Å²) in [6.45, 7) is 5.11. The highest BCUT2D eigenvalue weighted by atomic mass is 16.2. The zero-order valence-electron chi connectivity index (χ0n) is 12.2. The van der Waals surface area contributed by atoms with Gasteiger partial charge in [-0.2, -0.15) is 0 Å². The van der Waals surface area contributed by atoms with Crippen LogP contribution in [0.15, 0.2) is 18.2 Å². The van der Waals surface area contributed by atoms with Crippen LogP contribution < -0.4 is 16.4 Å². The van der Waals surface area contributed by atoms with Crippen molar-refractivity contribution in [2.45, 2.75) is 13.8 Å². The molecule has 1 aromatic rings. The lowest BCUT2D eigenvalue weighted by atomic mass is 10.1. The SMILES string of the molecule is CCNC(=O)c1ccc(N)c(NCC(=O)N(C)CC)c1. The number of nitrogens with zero attached hydrogens (tertiary/aromatic N) is 1. The molecule has 6 nitrogen and oxygen atoms in total. The Morgan fingerprint density at radius 3 is 2.60 bits per heavy atom. The molecule has 0 aliphatic rings. The molecule has 0 saturated carbocycles. The highest BCUT2D eigenvalue weighted by Crippen LogP contribution is 2.19. The maximum absolute atomic E-state index is 11.7. The molecule has 0 spiro atoms. The molecule has 1 rings (SSSR count). The summed E-state index contributed by atoms with van der Waals surface area (Å²) < 4.78 is 0. The number of hydrogen-bond acceptors (Lipinski definition) is 4. The Balaban J connectivity index is 2.77. The fraction of sp³-hybridized carbons (Fsp3) is 0.429. The van der Waals surface area contributed by atoms with E-state index in [4.69, 9.17) is 5.73 Å². The molecule has 0 heterocycles. The molecule has 0 aliphatic heterocycles. The van der Waals surface area contributed by atoms with Crippen LogP contribution in [-0.4, -0.2) is 43.4 Å². The number of rotatable bonds is 6. The van der Waals surface area contributed by atoms with Gasteiger partial charge in [0, 0.05) is 25.7 Å². The van der Waals surface area contributed by atoms with Crippen molar-refractivity contribution in [3.05, 3.63) is 23.8 Å². The van der Waals surface area contributed by atoms with Crippen molar-refractivity contribution >= 4 is 23.2 Å². The van der Waals surface area contributed by atoms with Crippen LogP contribution >= 0.6 is 0 Å². The number of benzene rings is 1. The Bertz CT molecular complexity index is 488. The predicted octanol–water partition coefficient (Wildman–Crippen LogP) is 0.909. The molecule has 1 aromatic carbocycles. The fourth-order valence-electron chi connectivity index (χ4n) is 1.60. The van der Waals surface area contributed by atoms with Crippen molar-refractivity contribution in [2.75, 3.05) is 37.7 Å². The molecule has 20 heavy (non-hydrogen) atoms. The average Bonchev–Trinajstić information content (AvgIpc) is 2.45. The fourth-order valence-corrected chi connectivity index (χ4v) is 1.60. The maximum Gasteiger partial charge on any atom is 0.251 e. The molecular formula is C14H22N4O2. The van der Waals surface area contributed by atoms with Crippen molar-refractivity contribution < 1.29 is 9.59 Å². The number of hydrogen-bond donors (Lipinski definition) is 3. The minimum atomic E-state index is -0.160. The van der Waals surface area contributed by atoms with E-state index in [2.05, 4.69) is 10.6 Å². The van der Waals surface area contributed by atoms with E-state index >= 15 is 0 Å². The van der Waals surface area contributed by atoms with Gasteiger partial charge >= 0.3 is 0 Å². The van der Waals surface area contributed by atoms with Gasteiger partial charge in [0.1, 0.15) is 0 Å². The minimum absolute atomic E-state index is 0.0321. The molecular weight excluding hydrogens is 256 g/mol. The number of anilines is 2. The van der Waals surface area contributed by atoms with E-state index in [-0.39, 0.29) is 18.4 Å². The van der Waals surface area contributed by atoms with E-state index in [9.17, 15) is 9.59 Å². The average molecular weight is 278 g/mol. The highest BCUT2D eigenvalue weighted by molar-refractivity contribution is 5.96. The Kier molecular flexibility index (Phi) is 5.83. The predicted molar refractivity (Wildman–Crippen MR) is 80.7 cm³/mol. The van der Waals surface area contributed by atoms with Gasteiger partial charge in [-0.15, -0.1) is 0 Å². The molecule has 6 heteroatoms. The Hall–Kier alpha value is -2.24. The minimum Gasteiger partial charge on any atom is -0.397 e. The second-order valence-corrected chi connectivity index (χ2v) is 4.42. The lowest BCUT2D eigenvalue weighted by Crippen LogP contribution is -2.32. The number of carbonyl (C=O) groups is 2. The van der Waals surface area contributed by atoms with Crippen LogP contribution in [0.1, 0.15) is 24.2 Å². The molecule has 0 unspecified atom stereocenters. The van der Waals surface area contributed by atoms with Crippen molar-refractivity contribution in [1.29, 1.82) is 0 Å². The maximum atomic E-state index is 11.7. The highest BCUT2D eigenvalue weighted by Gasteiger charge is 2.10. The van der Waals surface area contributed by atoms with E-state index in [0.717, 1.165) is 0 Å². The second kappa shape index (κ2) is 7.37. The Morgan fingerprint density at radius 1 is 1.30 bits per heavy atom. The zero-order chi connectivity index (χ0) is 15.1. The smallest absolute Gasteiger partial charge is 0.251 e. The quantitative estimate of drug-likeness (QED) is 0.675. The lowest BCUT2D eigenvalue weighted by Gasteiger charge is -2.16. The van der Waals surface area contributed by atoms with Crippen LogP contribution in [-0.2, 0) is 4.79 Å². The van der Waals surface area contributed by atoms with Gasteiger partial charge in [0.25, 0.3) is 5.91 Å². The second-order valence-electron chi connectivity index (χ2n) is 4.42. The lowest BCUT2D eigenvalue weighted by molar-refractivity contribution is -0.127. The third kappa shape index (κ3) is 4.15. The summed E-state index contributed by atoms with van der Waals surface area (Å²) in [5, 5.41) is 5.69. The molecule has 0 radical (unpaired) electrons. The van der Waals surface area contributed by atoms with Gasteiger partial charge in [0.15, 0.2) is 0 Å². The Labute approximate surface area is 119 Å². The van der Waals surface area contributed by atoms with Gasteiger partial charge in [-0.3, -0.25) is 9.59 Å². The number of likely N-dealkylation sites (N-methyl/N-ethyl adjacent to an activating group) is 1. The molecule has 0 atom stereocenters. The summed E-state index contributed by atoms with van der Waals surface area (Å²) in [7, 11) is 1.73. The topological polar surface area (TPSA) is 87.5 Å². The normalized spacial score (nSPS) is 9.95. The van der Waals surface area contributed by atoms with Gasteiger partial charge in [-0.05, 0) is 32.0 Å². The van der Waals surface area contributed by atoms with Gasteiger partial charge < -0.3 is 21.3 Å². The van der Waals surface area contributed by atoms with Crippen molar-refractivity contribution in [3.8, 4) is 0 Å². The van der Waals surface area contributed by atoms with Crippen LogP contribution in [0.25, 0.3) is 0 Å². The molecule has 0 aliphatic carbocycles. The van der Waals surface area contributed by atoms with Gasteiger partial charge in [-0.25, -0.2) is 0 Å². The third-order valence-corrected chi connectivity index (χ3v) is 2.98. The van der Waals surface area contributed by atoms with E-state index in [1.54, 1.807) is 30.1 Å². The molecule has 0 saturated heterocycles. The van der Waals surface area contributed by atoms with Crippen LogP contribution in [0.2, 0.25) is 0 Å². The van der Waals surface area contributed by atoms with Crippen molar-refractivity contribution in [2.24, 2.45) is 0 Å². The van der Waals surface area contributed by atoms with Gasteiger partial charge in [-0.1, -0.05) is 0 Å². The number of nitrogen functional groups attached to an aromatic ring is 1. The first-order valence-corrected chi connectivity index (χ1v) is 6.65. The number of carbonyl (C=O) groups excluding carboxylic acids is 2. The Morgan fingerprint density at radius 2 is 2.00 bits per heavy atom. The first kappa shape index (κ1) is 15.8. The van der Waals surface area contributed by atoms with E-state index in [1.165, 1.54) is 0 Å². The summed E-state index contributed by atoms with van der Waals surface area (Å²) in [4.78, 5) is 25.1. The molecule has 0 bridgehead atoms. The molecule has 110 valence electrons. The molecule has 4 N–H and O–H groups in total. The first-order valence-electron chi connectivity index (χ1n) is 6.65. The third-order valence-electron chi connectivity index (χ3n) is 2.98. The summed E-state index contributed by atoms with van der Waals surface area (Å²) in [5.74, 6) is -0.192. The molecule has 0 aromatic heterocycles. The van der Waals surface area contributed by atoms with Crippen LogP contribution in [0, 0.1) is 0 Å². The van der Waals surface area contributed by atoms with Crippen molar-refractivity contribution in [1.82, 2.24) is 10.2 Å². The van der Waals surface area contributed by atoms with E-state index < -0.39 is 0 Å². The largest absolute Gasteiger partial charge is 0.397 e. The van der Waals surface area contributed by atoms with Crippen LogP contribution in [0.3, 0.4) is 0 Å². The molecule has 2 amide bonds. The molecule has 0 fully saturated rings. The van der Waals surface area contributed by atoms with Crippen LogP contribution in [0.5, 0.6) is 0 Å². The zero-order valence-corrected chi connectivity index (χ0v) is 12.2. The van der Waals surface area contributed by atoms with Crippen molar-refractivity contribution in [3.63, 3.8) is 0 Å². The number of amides is 2. The summed E-state index contributed by atoms with van der Waals surface area (Å²) in [5.41, 5.74) is 7.45. The van der Waals surface area contributed by atoms with E-state index in [0.29, 0.717) is 30.0 Å². The van der Waals surface area contributed by atoms with Gasteiger partial charge in [0.2, 0.25) is 5.91 Å². The van der Waals surface area contributed by atoms with E-state index in [1.807, 2.05) is 13.8 Å². The monoisotopic (exact) mass is 278 g/mol.